The van der Waals surface area contributed by atoms with Crippen LogP contribution in [0.5, 0.6) is 6.01 Å². The van der Waals surface area contributed by atoms with Gasteiger partial charge in [-0.2, -0.15) is 23.1 Å². The molecule has 0 amide bonds. The zero-order chi connectivity index (χ0) is 28.9. The largest absolute Gasteiger partial charge is 0.461 e. The Bertz CT molecular complexity index is 1300. The summed E-state index contributed by atoms with van der Waals surface area (Å²) in [5.74, 6) is -0.536. The van der Waals surface area contributed by atoms with E-state index in [-0.39, 0.29) is 36.9 Å². The predicted octanol–water partition coefficient (Wildman–Crippen LogP) is 4.09. The lowest BCUT2D eigenvalue weighted by Crippen LogP contribution is -2.43. The second-order valence-corrected chi connectivity index (χ2v) is 11.6. The van der Waals surface area contributed by atoms with Crippen LogP contribution in [0.4, 0.5) is 33.5 Å². The van der Waals surface area contributed by atoms with Gasteiger partial charge in [-0.3, -0.25) is 4.90 Å². The normalized spacial score (nSPS) is 27.0. The maximum absolute atomic E-state index is 15.3. The van der Waals surface area contributed by atoms with Crippen LogP contribution >= 0.6 is 0 Å². The number of anilines is 2. The first kappa shape index (κ1) is 28.4. The topological polar surface area (TPSA) is 88.8 Å². The molecular formula is C28H35F5N6O2. The van der Waals surface area contributed by atoms with Gasteiger partial charge in [0.1, 0.15) is 18.6 Å². The second kappa shape index (κ2) is 10.8. The fourth-order valence-corrected chi connectivity index (χ4v) is 6.97. The van der Waals surface area contributed by atoms with Gasteiger partial charge >= 0.3 is 12.2 Å². The number of aryl methyl sites for hydroxylation is 1. The van der Waals surface area contributed by atoms with E-state index in [0.717, 1.165) is 45.0 Å². The lowest BCUT2D eigenvalue weighted by atomic mass is 9.91. The minimum absolute atomic E-state index is 0.0837. The molecule has 3 saturated heterocycles. The number of ether oxygens (including phenoxy) is 2. The first-order valence-corrected chi connectivity index (χ1v) is 14.2. The number of nitrogens with two attached hydrogens (primary N) is 1. The third-order valence-corrected chi connectivity index (χ3v) is 8.86. The van der Waals surface area contributed by atoms with E-state index in [4.69, 9.17) is 20.2 Å². The van der Waals surface area contributed by atoms with Crippen LogP contribution in [0.25, 0.3) is 0 Å². The number of nitrogens with zero attached hydrogens (tertiary/aromatic N) is 4. The SMILES string of the molecule is Cc1cc(N)c(F)c(C2Cc3nc(OCC45CCCN4CC(F)C5)nc(N4CCCNCC4)c3CO2)c1C(F)(F)F. The summed E-state index contributed by atoms with van der Waals surface area (Å²) in [5.41, 5.74) is 4.21. The Morgan fingerprint density at radius 3 is 2.83 bits per heavy atom. The molecule has 0 saturated carbocycles. The van der Waals surface area contributed by atoms with Crippen LogP contribution in [0.1, 0.15) is 59.7 Å². The average Bonchev–Trinajstić information content (AvgIpc) is 3.29. The Morgan fingerprint density at radius 1 is 1.20 bits per heavy atom. The molecule has 3 atom stereocenters. The Morgan fingerprint density at radius 2 is 2.02 bits per heavy atom. The summed E-state index contributed by atoms with van der Waals surface area (Å²) in [5, 5.41) is 3.35. The molecule has 3 N–H and O–H groups in total. The lowest BCUT2D eigenvalue weighted by molar-refractivity contribution is -0.140. The van der Waals surface area contributed by atoms with Gasteiger partial charge in [0.15, 0.2) is 5.82 Å². The van der Waals surface area contributed by atoms with Crippen LogP contribution in [0.2, 0.25) is 0 Å². The van der Waals surface area contributed by atoms with Gasteiger partial charge in [-0.05, 0) is 50.9 Å². The molecule has 224 valence electrons. The van der Waals surface area contributed by atoms with E-state index in [1.165, 1.54) is 6.92 Å². The molecule has 0 spiro atoms. The molecule has 3 fully saturated rings. The number of benzene rings is 1. The first-order valence-electron chi connectivity index (χ1n) is 14.2. The van der Waals surface area contributed by atoms with E-state index < -0.39 is 40.9 Å². The highest BCUT2D eigenvalue weighted by Crippen LogP contribution is 2.45. The quantitative estimate of drug-likeness (QED) is 0.403. The number of halogens is 5. The van der Waals surface area contributed by atoms with Crippen molar-refractivity contribution < 1.29 is 31.4 Å². The summed E-state index contributed by atoms with van der Waals surface area (Å²) in [6.07, 6.45) is -4.06. The molecule has 4 aliphatic heterocycles. The molecule has 2 aromatic rings. The Balaban J connectivity index is 1.36. The number of nitrogens with one attached hydrogen (secondary N) is 1. The second-order valence-electron chi connectivity index (χ2n) is 11.6. The maximum atomic E-state index is 15.3. The average molecular weight is 583 g/mol. The first-order chi connectivity index (χ1) is 19.6. The van der Waals surface area contributed by atoms with Crippen molar-refractivity contribution >= 4 is 11.5 Å². The lowest BCUT2D eigenvalue weighted by Gasteiger charge is -2.33. The molecule has 0 bridgehead atoms. The summed E-state index contributed by atoms with van der Waals surface area (Å²) in [6.45, 7) is 5.53. The minimum atomic E-state index is -4.80. The summed E-state index contributed by atoms with van der Waals surface area (Å²) < 4.78 is 84.0. The third-order valence-electron chi connectivity index (χ3n) is 8.86. The molecular weight excluding hydrogens is 547 g/mol. The van der Waals surface area contributed by atoms with Crippen LogP contribution in [-0.4, -0.2) is 72.5 Å². The van der Waals surface area contributed by atoms with Gasteiger partial charge < -0.3 is 25.4 Å². The summed E-state index contributed by atoms with van der Waals surface area (Å²) >= 11 is 0. The number of aromatic nitrogens is 2. The molecule has 5 heterocycles. The zero-order valence-corrected chi connectivity index (χ0v) is 23.0. The van der Waals surface area contributed by atoms with Crippen LogP contribution in [0, 0.1) is 12.7 Å². The number of hydrogen-bond donors (Lipinski definition) is 2. The smallest absolute Gasteiger partial charge is 0.417 e. The fraction of sp³-hybridized carbons (Fsp3) is 0.643. The summed E-state index contributed by atoms with van der Waals surface area (Å²) in [7, 11) is 0. The number of alkyl halides is 4. The van der Waals surface area contributed by atoms with Gasteiger partial charge in [0.2, 0.25) is 0 Å². The van der Waals surface area contributed by atoms with Gasteiger partial charge in [-0.1, -0.05) is 0 Å². The molecule has 1 aromatic carbocycles. The van der Waals surface area contributed by atoms with E-state index >= 15 is 4.39 Å². The molecule has 41 heavy (non-hydrogen) atoms. The van der Waals surface area contributed by atoms with Crippen LogP contribution < -0.4 is 20.7 Å². The summed E-state index contributed by atoms with van der Waals surface area (Å²) in [4.78, 5) is 13.6. The van der Waals surface area contributed by atoms with E-state index in [1.807, 2.05) is 0 Å². The Hall–Kier alpha value is -2.77. The van der Waals surface area contributed by atoms with Crippen molar-refractivity contribution in [1.82, 2.24) is 20.2 Å². The van der Waals surface area contributed by atoms with Crippen LogP contribution in [0.3, 0.4) is 0 Å². The van der Waals surface area contributed by atoms with Crippen molar-refractivity contribution in [2.75, 3.05) is 56.5 Å². The van der Waals surface area contributed by atoms with Gasteiger partial charge in [0, 0.05) is 50.1 Å². The van der Waals surface area contributed by atoms with E-state index in [9.17, 15) is 17.6 Å². The molecule has 3 unspecified atom stereocenters. The van der Waals surface area contributed by atoms with Crippen molar-refractivity contribution in [2.45, 2.75) is 69.6 Å². The molecule has 6 rings (SSSR count). The van der Waals surface area contributed by atoms with Gasteiger partial charge in [-0.15, -0.1) is 0 Å². The Kier molecular flexibility index (Phi) is 7.48. The van der Waals surface area contributed by atoms with Crippen molar-refractivity contribution in [1.29, 1.82) is 0 Å². The van der Waals surface area contributed by atoms with Crippen molar-refractivity contribution in [3.8, 4) is 6.01 Å². The molecule has 0 radical (unpaired) electrons. The van der Waals surface area contributed by atoms with E-state index in [2.05, 4.69) is 20.1 Å². The van der Waals surface area contributed by atoms with Crippen LogP contribution in [0.15, 0.2) is 6.07 Å². The predicted molar refractivity (Wildman–Crippen MR) is 142 cm³/mol. The van der Waals surface area contributed by atoms with Crippen molar-refractivity contribution in [2.24, 2.45) is 0 Å². The molecule has 8 nitrogen and oxygen atoms in total. The number of nitrogen functional groups attached to an aromatic ring is 1. The fourth-order valence-electron chi connectivity index (χ4n) is 6.97. The maximum Gasteiger partial charge on any atom is 0.417 e. The van der Waals surface area contributed by atoms with Gasteiger partial charge in [-0.25, -0.2) is 8.78 Å². The summed E-state index contributed by atoms with van der Waals surface area (Å²) in [6, 6.07) is 1.08. The molecule has 13 heteroatoms. The molecule has 4 aliphatic rings. The van der Waals surface area contributed by atoms with E-state index in [1.54, 1.807) is 0 Å². The third kappa shape index (κ3) is 5.32. The highest BCUT2D eigenvalue weighted by Gasteiger charge is 2.49. The highest BCUT2D eigenvalue weighted by molar-refractivity contribution is 5.55. The Labute approximate surface area is 235 Å². The minimum Gasteiger partial charge on any atom is -0.461 e. The van der Waals surface area contributed by atoms with Crippen molar-refractivity contribution in [3.05, 3.63) is 39.8 Å². The van der Waals surface area contributed by atoms with Gasteiger partial charge in [0.25, 0.3) is 0 Å². The highest BCUT2D eigenvalue weighted by atomic mass is 19.4. The monoisotopic (exact) mass is 582 g/mol. The van der Waals surface area contributed by atoms with Gasteiger partial charge in [0.05, 0.1) is 35.2 Å². The number of rotatable bonds is 5. The van der Waals surface area contributed by atoms with E-state index in [0.29, 0.717) is 43.1 Å². The van der Waals surface area contributed by atoms with Crippen molar-refractivity contribution in [3.63, 3.8) is 0 Å². The standard InChI is InChI=1S/C28H35F5N6O2/c1-16-10-19(34)24(30)22(23(16)28(31,32)33)21-11-20-18(14-40-21)25(38-7-3-5-35-6-9-38)37-26(36-20)41-15-27-4-2-8-39(27)13-17(29)12-27/h10,17,21,35H,2-9,11-15,34H2,1H3. The number of hydrogen-bond acceptors (Lipinski definition) is 8. The van der Waals surface area contributed by atoms with Crippen LogP contribution in [-0.2, 0) is 23.9 Å². The zero-order valence-electron chi connectivity index (χ0n) is 23.0. The number of fused-ring (bicyclic) bond motifs is 2. The molecule has 0 aliphatic carbocycles. The molecule has 1 aromatic heterocycles.